The van der Waals surface area contributed by atoms with Gasteiger partial charge in [0.05, 0.1) is 40.7 Å². The van der Waals surface area contributed by atoms with Gasteiger partial charge in [-0.15, -0.1) is 0 Å². The van der Waals surface area contributed by atoms with E-state index < -0.39 is 11.9 Å². The number of amides is 1. The highest BCUT2D eigenvalue weighted by molar-refractivity contribution is 6.06. The van der Waals surface area contributed by atoms with Gasteiger partial charge >= 0.3 is 5.97 Å². The zero-order valence-corrected chi connectivity index (χ0v) is 31.2. The van der Waals surface area contributed by atoms with Crippen molar-refractivity contribution in [2.24, 2.45) is 23.7 Å². The monoisotopic (exact) mass is 765 g/mol. The maximum Gasteiger partial charge on any atom is 0.338 e. The van der Waals surface area contributed by atoms with Crippen LogP contribution in [0.4, 0.5) is 0 Å². The summed E-state index contributed by atoms with van der Waals surface area (Å²) in [5.74, 6) is 23.7. The second-order valence-corrected chi connectivity index (χ2v) is 13.6. The Morgan fingerprint density at radius 3 is 1.59 bits per heavy atom. The van der Waals surface area contributed by atoms with Crippen LogP contribution >= 0.6 is 0 Å². The molecule has 6 aromatic rings. The van der Waals surface area contributed by atoms with Gasteiger partial charge in [-0.25, -0.2) is 20.2 Å². The number of fused-ring (bicyclic) bond motifs is 2. The maximum atomic E-state index is 12.2. The molecule has 4 atom stereocenters. The molecule has 0 saturated heterocycles. The number of aliphatic hydroxyl groups is 2. The molecule has 11 heteroatoms. The van der Waals surface area contributed by atoms with E-state index in [2.05, 4.69) is 67.3 Å². The molecule has 4 N–H and O–H groups in total. The number of methoxy groups -OCH3 is 1. The summed E-state index contributed by atoms with van der Waals surface area (Å²) in [6.45, 7) is 0.389. The molecule has 2 saturated carbocycles. The van der Waals surface area contributed by atoms with Crippen molar-refractivity contribution in [1.82, 2.24) is 25.4 Å². The normalized spacial score (nSPS) is 16.9. The van der Waals surface area contributed by atoms with Gasteiger partial charge in [-0.1, -0.05) is 47.9 Å². The first-order valence-corrected chi connectivity index (χ1v) is 18.4. The quantitative estimate of drug-likeness (QED) is 0.0740. The first-order valence-electron chi connectivity index (χ1n) is 18.4. The van der Waals surface area contributed by atoms with Crippen LogP contribution < -0.4 is 5.48 Å². The van der Waals surface area contributed by atoms with Crippen molar-refractivity contribution in [3.63, 3.8) is 0 Å². The number of nitrogens with one attached hydrogen (secondary N) is 1. The summed E-state index contributed by atoms with van der Waals surface area (Å²) in [5, 5.41) is 28.3. The van der Waals surface area contributed by atoms with E-state index in [4.69, 9.17) is 20.2 Å². The Bertz CT molecular complexity index is 2580. The molecule has 2 unspecified atom stereocenters. The third kappa shape index (κ3) is 9.34. The Labute approximate surface area is 334 Å². The minimum Gasteiger partial charge on any atom is -0.465 e. The average Bonchev–Trinajstić information content (AvgIpc) is 4.22. The number of ether oxygens (including phenoxy) is 1. The van der Waals surface area contributed by atoms with Crippen molar-refractivity contribution in [3.05, 3.63) is 120 Å². The van der Waals surface area contributed by atoms with E-state index in [1.807, 2.05) is 48.5 Å². The van der Waals surface area contributed by atoms with Gasteiger partial charge in [0, 0.05) is 82.9 Å². The summed E-state index contributed by atoms with van der Waals surface area (Å²) in [5.41, 5.74) is 8.30. The predicted octanol–water partition coefficient (Wildman–Crippen LogP) is 5.47. The van der Waals surface area contributed by atoms with Crippen LogP contribution in [0, 0.1) is 71.0 Å². The molecule has 0 bridgehead atoms. The fourth-order valence-electron chi connectivity index (χ4n) is 6.13. The Hall–Kier alpha value is -7.38. The van der Waals surface area contributed by atoms with Crippen LogP contribution in [0.1, 0.15) is 44.7 Å². The number of carbonyl (C=O) groups excluding carboxylic acids is 2. The molecule has 2 aliphatic rings. The number of hydrogen-bond donors (Lipinski definition) is 4. The molecule has 2 aliphatic carbocycles. The van der Waals surface area contributed by atoms with Crippen molar-refractivity contribution in [1.29, 1.82) is 0 Å². The van der Waals surface area contributed by atoms with E-state index in [1.165, 1.54) is 7.11 Å². The first-order chi connectivity index (χ1) is 28.4. The summed E-state index contributed by atoms with van der Waals surface area (Å²) < 4.78 is 4.90. The Morgan fingerprint density at radius 1 is 0.690 bits per heavy atom. The first kappa shape index (κ1) is 38.9. The molecule has 11 nitrogen and oxygen atoms in total. The second kappa shape index (κ2) is 18.0. The van der Waals surface area contributed by atoms with Crippen molar-refractivity contribution in [3.8, 4) is 69.9 Å². The standard InChI is InChI=1S/C24H18N2O3.C23H17N3O3/c1-29-24(28)20-13-23(26-22-10-11-25-14-21(20)22)17-8-6-16(7-9-17)4-2-3-5-18-12-19(18)15-27;27-14-18-11-17(18)4-2-1-3-15-5-7-16(8-6-15)22-12-19(23(28)26-29)20-13-24-10-9-21(20)25-22/h6-11,13-14,18-19,27H,12,15H2,1H3;5-10,12-13,17-18,27,29H,11,14H2,(H,26,28)/t18-,19?;17-,18?/m11/s1. The van der Waals surface area contributed by atoms with E-state index >= 15 is 0 Å². The zero-order valence-electron chi connectivity index (χ0n) is 31.2. The molecule has 0 radical (unpaired) electrons. The number of hydroxylamine groups is 1. The van der Waals surface area contributed by atoms with Gasteiger partial charge in [-0.05, 0) is 96.9 Å². The number of esters is 1. The largest absolute Gasteiger partial charge is 0.465 e. The molecule has 0 spiro atoms. The molecule has 4 heterocycles. The molecular formula is C47H35N5O6. The van der Waals surface area contributed by atoms with Crippen LogP contribution in [-0.2, 0) is 4.74 Å². The lowest BCUT2D eigenvalue weighted by atomic mass is 10.0. The van der Waals surface area contributed by atoms with Crippen LogP contribution in [0.5, 0.6) is 0 Å². The molecule has 1 amide bonds. The van der Waals surface area contributed by atoms with Gasteiger partial charge < -0.3 is 14.9 Å². The number of rotatable bonds is 6. The zero-order chi connectivity index (χ0) is 40.4. The van der Waals surface area contributed by atoms with Crippen LogP contribution in [0.3, 0.4) is 0 Å². The van der Waals surface area contributed by atoms with Crippen molar-refractivity contribution >= 4 is 33.7 Å². The number of benzene rings is 2. The average molecular weight is 766 g/mol. The van der Waals surface area contributed by atoms with Crippen molar-refractivity contribution in [2.45, 2.75) is 12.8 Å². The van der Waals surface area contributed by atoms with E-state index in [-0.39, 0.29) is 25.0 Å². The highest BCUT2D eigenvalue weighted by atomic mass is 16.5. The lowest BCUT2D eigenvalue weighted by molar-refractivity contribution is 0.0602. The van der Waals surface area contributed by atoms with Crippen molar-refractivity contribution in [2.75, 3.05) is 20.3 Å². The van der Waals surface area contributed by atoms with Gasteiger partial charge in [-0.3, -0.25) is 20.0 Å². The summed E-state index contributed by atoms with van der Waals surface area (Å²) >= 11 is 0. The van der Waals surface area contributed by atoms with E-state index in [0.717, 1.165) is 35.1 Å². The predicted molar refractivity (Wildman–Crippen MR) is 217 cm³/mol. The van der Waals surface area contributed by atoms with Gasteiger partial charge in [-0.2, -0.15) is 0 Å². The number of aromatic nitrogens is 4. The topological polar surface area (TPSA) is 168 Å². The molecule has 58 heavy (non-hydrogen) atoms. The SMILES string of the molecule is COC(=O)c1cc(-c2ccc(C#CC#C[C@@H]3CC3CO)cc2)nc2ccncc12.O=C(NO)c1cc(-c2ccc(C#CC#C[C@@H]3CC3CO)cc2)nc2ccncc12. The molecule has 284 valence electrons. The fourth-order valence-corrected chi connectivity index (χ4v) is 6.13. The number of pyridine rings is 4. The summed E-state index contributed by atoms with van der Waals surface area (Å²) in [4.78, 5) is 41.6. The molecule has 8 rings (SSSR count). The van der Waals surface area contributed by atoms with Crippen LogP contribution in [-0.4, -0.2) is 67.6 Å². The number of hydrogen-bond acceptors (Lipinski definition) is 10. The molecule has 0 aliphatic heterocycles. The Morgan fingerprint density at radius 2 is 1.16 bits per heavy atom. The van der Waals surface area contributed by atoms with E-state index in [1.54, 1.807) is 54.5 Å². The number of nitrogens with zero attached hydrogens (tertiary/aromatic N) is 4. The van der Waals surface area contributed by atoms with Crippen LogP contribution in [0.25, 0.3) is 44.3 Å². The van der Waals surface area contributed by atoms with Crippen LogP contribution in [0.2, 0.25) is 0 Å². The summed E-state index contributed by atoms with van der Waals surface area (Å²) in [6, 6.07) is 21.9. The lowest BCUT2D eigenvalue weighted by Crippen LogP contribution is -2.19. The lowest BCUT2D eigenvalue weighted by Gasteiger charge is -2.08. The summed E-state index contributed by atoms with van der Waals surface area (Å²) in [6.07, 6.45) is 8.31. The van der Waals surface area contributed by atoms with E-state index in [9.17, 15) is 9.59 Å². The third-order valence-corrected chi connectivity index (χ3v) is 9.70. The Kier molecular flexibility index (Phi) is 12.1. The molecule has 2 aromatic carbocycles. The smallest absolute Gasteiger partial charge is 0.338 e. The summed E-state index contributed by atoms with van der Waals surface area (Å²) in [7, 11) is 1.36. The minimum atomic E-state index is -0.619. The van der Waals surface area contributed by atoms with Gasteiger partial charge in [0.15, 0.2) is 0 Å². The van der Waals surface area contributed by atoms with Gasteiger partial charge in [0.25, 0.3) is 5.91 Å². The van der Waals surface area contributed by atoms with E-state index in [0.29, 0.717) is 56.2 Å². The second-order valence-electron chi connectivity index (χ2n) is 13.6. The highest BCUT2D eigenvalue weighted by Crippen LogP contribution is 2.37. The van der Waals surface area contributed by atoms with Gasteiger partial charge in [0.2, 0.25) is 0 Å². The minimum absolute atomic E-state index is 0.190. The fraction of sp³-hybridized carbons (Fsp3) is 0.191. The third-order valence-electron chi connectivity index (χ3n) is 9.70. The Balaban J connectivity index is 0.000000177. The van der Waals surface area contributed by atoms with Gasteiger partial charge in [0.1, 0.15) is 0 Å². The van der Waals surface area contributed by atoms with Crippen LogP contribution in [0.15, 0.2) is 97.6 Å². The highest BCUT2D eigenvalue weighted by Gasteiger charge is 2.35. The van der Waals surface area contributed by atoms with Crippen molar-refractivity contribution < 1.29 is 29.7 Å². The maximum absolute atomic E-state index is 12.2. The number of aliphatic hydroxyl groups excluding tert-OH is 2. The molecular weight excluding hydrogens is 731 g/mol. The molecule has 2 fully saturated rings. The molecule has 4 aromatic heterocycles. The number of carbonyl (C=O) groups is 2.